The number of hydrogen-bond donors (Lipinski definition) is 0. The SMILES string of the molecule is CCC(CC)COc1ccc(Cl)cc1COS(C)=O. The molecule has 0 saturated carbocycles. The van der Waals surface area contributed by atoms with E-state index in [0.29, 0.717) is 17.5 Å². The largest absolute Gasteiger partial charge is 0.493 e. The molecule has 0 bridgehead atoms. The Kier molecular flexibility index (Phi) is 7.42. The van der Waals surface area contributed by atoms with E-state index in [9.17, 15) is 4.21 Å². The van der Waals surface area contributed by atoms with Crippen molar-refractivity contribution in [1.29, 1.82) is 0 Å². The van der Waals surface area contributed by atoms with Gasteiger partial charge in [0.1, 0.15) is 5.75 Å². The predicted molar refractivity (Wildman–Crippen MR) is 79.9 cm³/mol. The summed E-state index contributed by atoms with van der Waals surface area (Å²) in [6.07, 6.45) is 3.68. The lowest BCUT2D eigenvalue weighted by Gasteiger charge is -2.16. The number of benzene rings is 1. The Morgan fingerprint density at radius 3 is 2.58 bits per heavy atom. The van der Waals surface area contributed by atoms with Crippen molar-refractivity contribution in [3.8, 4) is 5.75 Å². The van der Waals surface area contributed by atoms with E-state index in [1.807, 2.05) is 6.07 Å². The van der Waals surface area contributed by atoms with Crippen molar-refractivity contribution in [2.75, 3.05) is 12.9 Å². The third-order valence-electron chi connectivity index (χ3n) is 3.03. The van der Waals surface area contributed by atoms with Gasteiger partial charge in [0.05, 0.1) is 13.2 Å². The lowest BCUT2D eigenvalue weighted by molar-refractivity contribution is 0.233. The second kappa shape index (κ2) is 8.56. The molecule has 1 aromatic carbocycles. The van der Waals surface area contributed by atoms with Crippen LogP contribution in [-0.4, -0.2) is 17.1 Å². The summed E-state index contributed by atoms with van der Waals surface area (Å²) in [5.74, 6) is 1.30. The molecule has 0 spiro atoms. The van der Waals surface area contributed by atoms with Crippen LogP contribution in [-0.2, 0) is 21.9 Å². The zero-order valence-corrected chi connectivity index (χ0v) is 13.2. The van der Waals surface area contributed by atoms with E-state index in [4.69, 9.17) is 20.5 Å². The van der Waals surface area contributed by atoms with Crippen LogP contribution in [0.25, 0.3) is 0 Å². The van der Waals surface area contributed by atoms with Gasteiger partial charge in [0.2, 0.25) is 0 Å². The highest BCUT2D eigenvalue weighted by Gasteiger charge is 2.09. The molecule has 0 aliphatic heterocycles. The summed E-state index contributed by atoms with van der Waals surface area (Å²) in [6.45, 7) is 5.23. The molecule has 0 fully saturated rings. The zero-order chi connectivity index (χ0) is 14.3. The third-order valence-corrected chi connectivity index (χ3v) is 3.72. The average molecular weight is 305 g/mol. The van der Waals surface area contributed by atoms with E-state index in [0.717, 1.165) is 24.2 Å². The Bertz CT molecular complexity index is 419. The van der Waals surface area contributed by atoms with Crippen LogP contribution < -0.4 is 4.74 Å². The first-order chi connectivity index (χ1) is 9.06. The van der Waals surface area contributed by atoms with Crippen LogP contribution in [0.4, 0.5) is 0 Å². The monoisotopic (exact) mass is 304 g/mol. The summed E-state index contributed by atoms with van der Waals surface area (Å²) < 4.78 is 21.9. The highest BCUT2D eigenvalue weighted by molar-refractivity contribution is 7.79. The first-order valence-corrected chi connectivity index (χ1v) is 8.30. The quantitative estimate of drug-likeness (QED) is 0.729. The smallest absolute Gasteiger partial charge is 0.152 e. The minimum atomic E-state index is -1.30. The van der Waals surface area contributed by atoms with E-state index in [1.165, 1.54) is 6.26 Å². The van der Waals surface area contributed by atoms with Gasteiger partial charge in [0.25, 0.3) is 0 Å². The van der Waals surface area contributed by atoms with Crippen molar-refractivity contribution >= 4 is 22.7 Å². The topological polar surface area (TPSA) is 35.5 Å². The van der Waals surface area contributed by atoms with Crippen molar-refractivity contribution in [3.05, 3.63) is 28.8 Å². The summed E-state index contributed by atoms with van der Waals surface area (Å²) in [5.41, 5.74) is 0.827. The Morgan fingerprint density at radius 1 is 1.32 bits per heavy atom. The van der Waals surface area contributed by atoms with Crippen LogP contribution >= 0.6 is 11.6 Å². The Labute approximate surface area is 122 Å². The van der Waals surface area contributed by atoms with Crippen molar-refractivity contribution in [1.82, 2.24) is 0 Å². The second-order valence-electron chi connectivity index (χ2n) is 4.41. The minimum Gasteiger partial charge on any atom is -0.493 e. The van der Waals surface area contributed by atoms with Crippen molar-refractivity contribution in [3.63, 3.8) is 0 Å². The molecular weight excluding hydrogens is 284 g/mol. The lowest BCUT2D eigenvalue weighted by Crippen LogP contribution is -2.11. The fraction of sp³-hybridized carbons (Fsp3) is 0.571. The van der Waals surface area contributed by atoms with Gasteiger partial charge < -0.3 is 4.74 Å². The molecule has 0 aliphatic carbocycles. The van der Waals surface area contributed by atoms with E-state index in [-0.39, 0.29) is 6.61 Å². The molecule has 3 nitrogen and oxygen atoms in total. The molecule has 108 valence electrons. The highest BCUT2D eigenvalue weighted by atomic mass is 35.5. The number of hydrogen-bond acceptors (Lipinski definition) is 3. The molecule has 19 heavy (non-hydrogen) atoms. The molecule has 1 aromatic rings. The predicted octanol–water partition coefficient (Wildman–Crippen LogP) is 3.97. The first kappa shape index (κ1) is 16.5. The fourth-order valence-corrected chi connectivity index (χ4v) is 2.17. The molecule has 1 rings (SSSR count). The van der Waals surface area contributed by atoms with Crippen LogP contribution in [0.5, 0.6) is 5.75 Å². The Morgan fingerprint density at radius 2 is 2.00 bits per heavy atom. The molecule has 5 heteroatoms. The molecule has 0 radical (unpaired) electrons. The van der Waals surface area contributed by atoms with Gasteiger partial charge in [-0.1, -0.05) is 38.3 Å². The van der Waals surface area contributed by atoms with E-state index in [2.05, 4.69) is 13.8 Å². The standard InChI is InChI=1S/C14H21ClO3S/c1-4-11(5-2)9-17-14-7-6-13(15)8-12(14)10-18-19(3)16/h6-8,11H,4-5,9-10H2,1-3H3. The maximum atomic E-state index is 11.0. The number of ether oxygens (including phenoxy) is 1. The average Bonchev–Trinajstić information content (AvgIpc) is 2.39. The molecule has 0 heterocycles. The fourth-order valence-electron chi connectivity index (χ4n) is 1.68. The van der Waals surface area contributed by atoms with Crippen LogP contribution in [0.3, 0.4) is 0 Å². The van der Waals surface area contributed by atoms with E-state index >= 15 is 0 Å². The van der Waals surface area contributed by atoms with Gasteiger partial charge in [0, 0.05) is 16.8 Å². The van der Waals surface area contributed by atoms with Gasteiger partial charge in [-0.2, -0.15) is 0 Å². The third kappa shape index (κ3) is 5.93. The molecule has 0 aliphatic rings. The maximum absolute atomic E-state index is 11.0. The molecule has 0 aromatic heterocycles. The van der Waals surface area contributed by atoms with Gasteiger partial charge in [-0.15, -0.1) is 0 Å². The summed E-state index contributed by atoms with van der Waals surface area (Å²) in [6, 6.07) is 5.41. The van der Waals surface area contributed by atoms with Crippen molar-refractivity contribution in [2.45, 2.75) is 33.3 Å². The van der Waals surface area contributed by atoms with Crippen LogP contribution in [0, 0.1) is 5.92 Å². The van der Waals surface area contributed by atoms with Gasteiger partial charge in [-0.05, 0) is 24.1 Å². The minimum absolute atomic E-state index is 0.238. The summed E-state index contributed by atoms with van der Waals surface area (Å²) in [4.78, 5) is 0. The van der Waals surface area contributed by atoms with Crippen LogP contribution in [0.2, 0.25) is 5.02 Å². The summed E-state index contributed by atoms with van der Waals surface area (Å²) >= 11 is 4.67. The molecular formula is C14H21ClO3S. The molecule has 1 unspecified atom stereocenters. The van der Waals surface area contributed by atoms with Crippen molar-refractivity contribution in [2.24, 2.45) is 5.92 Å². The summed E-state index contributed by atoms with van der Waals surface area (Å²) in [7, 11) is 0. The van der Waals surface area contributed by atoms with Crippen molar-refractivity contribution < 1.29 is 13.1 Å². The van der Waals surface area contributed by atoms with Crippen LogP contribution in [0.15, 0.2) is 18.2 Å². The number of rotatable bonds is 8. The van der Waals surface area contributed by atoms with Gasteiger partial charge >= 0.3 is 0 Å². The van der Waals surface area contributed by atoms with E-state index in [1.54, 1.807) is 12.1 Å². The molecule has 0 saturated heterocycles. The highest BCUT2D eigenvalue weighted by Crippen LogP contribution is 2.25. The zero-order valence-electron chi connectivity index (χ0n) is 11.6. The Hall–Kier alpha value is -0.580. The summed E-state index contributed by atoms with van der Waals surface area (Å²) in [5, 5.41) is 0.621. The maximum Gasteiger partial charge on any atom is 0.152 e. The first-order valence-electron chi connectivity index (χ1n) is 6.44. The van der Waals surface area contributed by atoms with Gasteiger partial charge in [-0.3, -0.25) is 4.18 Å². The second-order valence-corrected chi connectivity index (χ2v) is 5.88. The van der Waals surface area contributed by atoms with E-state index < -0.39 is 11.1 Å². The molecule has 0 amide bonds. The number of halogens is 1. The molecule has 1 atom stereocenters. The van der Waals surface area contributed by atoms with Gasteiger partial charge in [-0.25, -0.2) is 4.21 Å². The lowest BCUT2D eigenvalue weighted by atomic mass is 10.1. The van der Waals surface area contributed by atoms with Gasteiger partial charge in [0.15, 0.2) is 11.1 Å². The molecule has 0 N–H and O–H groups in total. The Balaban J connectivity index is 2.72. The normalized spacial score (nSPS) is 12.7. The van der Waals surface area contributed by atoms with Crippen LogP contribution in [0.1, 0.15) is 32.3 Å².